The summed E-state index contributed by atoms with van der Waals surface area (Å²) in [5.41, 5.74) is 0.908. The van der Waals surface area contributed by atoms with Crippen molar-refractivity contribution in [3.05, 3.63) is 28.8 Å². The molecule has 1 aromatic carbocycles. The van der Waals surface area contributed by atoms with E-state index < -0.39 is 6.10 Å². The van der Waals surface area contributed by atoms with Crippen LogP contribution in [0, 0.1) is 0 Å². The standard InChI is InChI=1S/C13H16ClNO3/c1-8(16)13(17)15-11-3-2-6-18-12-7-9(14)4-5-10(11)12/h4-5,7-8,11,16H,2-3,6H2,1H3,(H,15,17). The predicted molar refractivity (Wildman–Crippen MR) is 68.7 cm³/mol. The molecule has 2 unspecified atom stereocenters. The molecule has 0 aliphatic carbocycles. The van der Waals surface area contributed by atoms with Gasteiger partial charge in [-0.25, -0.2) is 0 Å². The Morgan fingerprint density at radius 1 is 1.61 bits per heavy atom. The molecule has 18 heavy (non-hydrogen) atoms. The van der Waals surface area contributed by atoms with Crippen LogP contribution in [0.25, 0.3) is 0 Å². The van der Waals surface area contributed by atoms with Gasteiger partial charge in [-0.05, 0) is 31.9 Å². The lowest BCUT2D eigenvalue weighted by atomic mass is 10.0. The molecule has 2 N–H and O–H groups in total. The van der Waals surface area contributed by atoms with Crippen molar-refractivity contribution in [3.63, 3.8) is 0 Å². The van der Waals surface area contributed by atoms with Crippen molar-refractivity contribution in [1.29, 1.82) is 0 Å². The Balaban J connectivity index is 2.24. The largest absolute Gasteiger partial charge is 0.493 e. The Morgan fingerprint density at radius 2 is 2.39 bits per heavy atom. The summed E-state index contributed by atoms with van der Waals surface area (Å²) in [5, 5.41) is 12.7. The number of aliphatic hydroxyl groups is 1. The van der Waals surface area contributed by atoms with E-state index in [1.54, 1.807) is 12.1 Å². The Morgan fingerprint density at radius 3 is 3.11 bits per heavy atom. The van der Waals surface area contributed by atoms with Crippen LogP contribution in [0.2, 0.25) is 5.02 Å². The van der Waals surface area contributed by atoms with Gasteiger partial charge in [-0.1, -0.05) is 17.7 Å². The second-order valence-corrected chi connectivity index (χ2v) is 4.85. The zero-order valence-corrected chi connectivity index (χ0v) is 10.9. The molecule has 5 heteroatoms. The molecule has 2 atom stereocenters. The topological polar surface area (TPSA) is 58.6 Å². The van der Waals surface area contributed by atoms with Crippen LogP contribution in [0.15, 0.2) is 18.2 Å². The molecule has 98 valence electrons. The first kappa shape index (κ1) is 13.2. The SMILES string of the molecule is CC(O)C(=O)NC1CCCOc2cc(Cl)ccc21. The fourth-order valence-corrected chi connectivity index (χ4v) is 2.15. The Hall–Kier alpha value is -1.26. The van der Waals surface area contributed by atoms with Crippen LogP contribution in [-0.2, 0) is 4.79 Å². The van der Waals surface area contributed by atoms with Crippen molar-refractivity contribution in [3.8, 4) is 5.75 Å². The van der Waals surface area contributed by atoms with Gasteiger partial charge in [0, 0.05) is 10.6 Å². The first-order valence-electron chi connectivity index (χ1n) is 5.98. The van der Waals surface area contributed by atoms with Gasteiger partial charge in [-0.15, -0.1) is 0 Å². The summed E-state index contributed by atoms with van der Waals surface area (Å²) < 4.78 is 5.60. The number of rotatable bonds is 2. The van der Waals surface area contributed by atoms with Crippen molar-refractivity contribution >= 4 is 17.5 Å². The van der Waals surface area contributed by atoms with E-state index in [-0.39, 0.29) is 11.9 Å². The van der Waals surface area contributed by atoms with Crippen molar-refractivity contribution < 1.29 is 14.6 Å². The van der Waals surface area contributed by atoms with Crippen molar-refractivity contribution in [2.45, 2.75) is 31.9 Å². The molecule has 1 heterocycles. The highest BCUT2D eigenvalue weighted by Crippen LogP contribution is 2.33. The highest BCUT2D eigenvalue weighted by atomic mass is 35.5. The number of hydrogen-bond donors (Lipinski definition) is 2. The average molecular weight is 270 g/mol. The van der Waals surface area contributed by atoms with Gasteiger partial charge in [0.2, 0.25) is 5.91 Å². The van der Waals surface area contributed by atoms with Gasteiger partial charge >= 0.3 is 0 Å². The van der Waals surface area contributed by atoms with Gasteiger partial charge in [-0.3, -0.25) is 4.79 Å². The van der Waals surface area contributed by atoms with Gasteiger partial charge < -0.3 is 15.2 Å². The summed E-state index contributed by atoms with van der Waals surface area (Å²) in [4.78, 5) is 11.6. The second-order valence-electron chi connectivity index (χ2n) is 4.41. The molecular formula is C13H16ClNO3. The number of amides is 1. The summed E-state index contributed by atoms with van der Waals surface area (Å²) >= 11 is 5.93. The van der Waals surface area contributed by atoms with E-state index in [2.05, 4.69) is 5.32 Å². The highest BCUT2D eigenvalue weighted by Gasteiger charge is 2.23. The Bertz CT molecular complexity index is 448. The van der Waals surface area contributed by atoms with Crippen molar-refractivity contribution in [2.75, 3.05) is 6.61 Å². The summed E-state index contributed by atoms with van der Waals surface area (Å²) in [6.45, 7) is 2.06. The maximum Gasteiger partial charge on any atom is 0.249 e. The zero-order chi connectivity index (χ0) is 13.1. The van der Waals surface area contributed by atoms with Crippen molar-refractivity contribution in [2.24, 2.45) is 0 Å². The van der Waals surface area contributed by atoms with Gasteiger partial charge in [0.05, 0.1) is 12.6 Å². The lowest BCUT2D eigenvalue weighted by molar-refractivity contribution is -0.129. The molecule has 2 rings (SSSR count). The second kappa shape index (κ2) is 5.59. The van der Waals surface area contributed by atoms with E-state index in [9.17, 15) is 9.90 Å². The lowest BCUT2D eigenvalue weighted by Crippen LogP contribution is -2.35. The number of aliphatic hydroxyl groups excluding tert-OH is 1. The summed E-state index contributed by atoms with van der Waals surface area (Å²) in [6, 6.07) is 5.25. The fourth-order valence-electron chi connectivity index (χ4n) is 1.99. The molecule has 0 bridgehead atoms. The normalized spacial score (nSPS) is 20.3. The third-order valence-electron chi connectivity index (χ3n) is 2.94. The van der Waals surface area contributed by atoms with Crippen LogP contribution < -0.4 is 10.1 Å². The number of fused-ring (bicyclic) bond motifs is 1. The van der Waals surface area contributed by atoms with E-state index in [1.165, 1.54) is 6.92 Å². The van der Waals surface area contributed by atoms with E-state index >= 15 is 0 Å². The van der Waals surface area contributed by atoms with Gasteiger partial charge in [-0.2, -0.15) is 0 Å². The quantitative estimate of drug-likeness (QED) is 0.864. The summed E-state index contributed by atoms with van der Waals surface area (Å²) in [5.74, 6) is 0.332. The number of nitrogens with one attached hydrogen (secondary N) is 1. The van der Waals surface area contributed by atoms with Gasteiger partial charge in [0.25, 0.3) is 0 Å². The molecule has 1 aliphatic heterocycles. The average Bonchev–Trinajstić information content (AvgIpc) is 2.51. The van der Waals surface area contributed by atoms with Crippen molar-refractivity contribution in [1.82, 2.24) is 5.32 Å². The van der Waals surface area contributed by atoms with Gasteiger partial charge in [0.15, 0.2) is 0 Å². The number of benzene rings is 1. The van der Waals surface area contributed by atoms with Crippen LogP contribution in [0.5, 0.6) is 5.75 Å². The third kappa shape index (κ3) is 2.94. The molecule has 0 radical (unpaired) electrons. The van der Waals surface area contributed by atoms with Crippen LogP contribution >= 0.6 is 11.6 Å². The van der Waals surface area contributed by atoms with E-state index in [4.69, 9.17) is 16.3 Å². The number of hydrogen-bond acceptors (Lipinski definition) is 3. The summed E-state index contributed by atoms with van der Waals surface area (Å²) in [6.07, 6.45) is 0.620. The molecule has 0 fully saturated rings. The van der Waals surface area contributed by atoms with Crippen LogP contribution in [0.3, 0.4) is 0 Å². The van der Waals surface area contributed by atoms with Crippen LogP contribution in [-0.4, -0.2) is 23.7 Å². The van der Waals surface area contributed by atoms with E-state index in [0.29, 0.717) is 17.4 Å². The van der Waals surface area contributed by atoms with Crippen LogP contribution in [0.4, 0.5) is 0 Å². The van der Waals surface area contributed by atoms with Gasteiger partial charge in [0.1, 0.15) is 11.9 Å². The zero-order valence-electron chi connectivity index (χ0n) is 10.1. The molecule has 0 saturated carbocycles. The molecular weight excluding hydrogens is 254 g/mol. The lowest BCUT2D eigenvalue weighted by Gasteiger charge is -2.19. The first-order chi connectivity index (χ1) is 8.58. The maximum absolute atomic E-state index is 11.6. The molecule has 1 amide bonds. The molecule has 0 spiro atoms. The summed E-state index contributed by atoms with van der Waals surface area (Å²) in [7, 11) is 0. The molecule has 1 aromatic rings. The first-order valence-corrected chi connectivity index (χ1v) is 6.36. The third-order valence-corrected chi connectivity index (χ3v) is 3.18. The number of carbonyl (C=O) groups excluding carboxylic acids is 1. The number of carbonyl (C=O) groups is 1. The maximum atomic E-state index is 11.6. The minimum absolute atomic E-state index is 0.137. The number of halogens is 1. The minimum Gasteiger partial charge on any atom is -0.493 e. The monoisotopic (exact) mass is 269 g/mol. The molecule has 0 saturated heterocycles. The smallest absolute Gasteiger partial charge is 0.249 e. The molecule has 1 aliphatic rings. The minimum atomic E-state index is -1.01. The molecule has 0 aromatic heterocycles. The Labute approximate surface area is 111 Å². The van der Waals surface area contributed by atoms with Crippen LogP contribution in [0.1, 0.15) is 31.4 Å². The highest BCUT2D eigenvalue weighted by molar-refractivity contribution is 6.30. The van der Waals surface area contributed by atoms with E-state index in [0.717, 1.165) is 18.4 Å². The fraction of sp³-hybridized carbons (Fsp3) is 0.462. The predicted octanol–water partition coefficient (Wildman–Crippen LogP) is 2.05. The van der Waals surface area contributed by atoms with E-state index in [1.807, 2.05) is 6.07 Å². The Kier molecular flexibility index (Phi) is 4.09. The molecule has 4 nitrogen and oxygen atoms in total. The number of ether oxygens (including phenoxy) is 1.